The summed E-state index contributed by atoms with van der Waals surface area (Å²) in [4.78, 5) is 20.6. The number of nitrogens with one attached hydrogen (secondary N) is 1. The van der Waals surface area contributed by atoms with E-state index in [-0.39, 0.29) is 29.3 Å². The van der Waals surface area contributed by atoms with Gasteiger partial charge in [-0.2, -0.15) is 5.26 Å². The van der Waals surface area contributed by atoms with E-state index in [0.29, 0.717) is 5.56 Å². The van der Waals surface area contributed by atoms with Crippen molar-refractivity contribution in [3.8, 4) is 6.07 Å². The number of hydrogen-bond acceptors (Lipinski definition) is 7. The Labute approximate surface area is 179 Å². The van der Waals surface area contributed by atoms with Gasteiger partial charge in [-0.3, -0.25) is 9.79 Å². The SMILES string of the molecule is CN1C[C@@H](c2cc(NC(=O)c3ccc(C#N)cn3)ccc2F)N=C(N)C(C)(C)S1(=O)=O. The summed E-state index contributed by atoms with van der Waals surface area (Å²) < 4.78 is 39.8. The predicted molar refractivity (Wildman–Crippen MR) is 113 cm³/mol. The average Bonchev–Trinajstić information content (AvgIpc) is 2.79. The number of carbonyl (C=O) groups excluding carboxylic acids is 1. The highest BCUT2D eigenvalue weighted by molar-refractivity contribution is 7.91. The van der Waals surface area contributed by atoms with Crippen LogP contribution in [-0.2, 0) is 10.0 Å². The molecule has 3 rings (SSSR count). The van der Waals surface area contributed by atoms with E-state index < -0.39 is 32.5 Å². The van der Waals surface area contributed by atoms with Crippen molar-refractivity contribution in [1.29, 1.82) is 5.26 Å². The van der Waals surface area contributed by atoms with Crippen molar-refractivity contribution >= 4 is 27.5 Å². The second kappa shape index (κ2) is 8.05. The lowest BCUT2D eigenvalue weighted by Gasteiger charge is -2.26. The maximum absolute atomic E-state index is 14.6. The molecule has 0 bridgehead atoms. The summed E-state index contributed by atoms with van der Waals surface area (Å²) >= 11 is 0. The zero-order valence-corrected chi connectivity index (χ0v) is 17.9. The Morgan fingerprint density at radius 2 is 2.06 bits per heavy atom. The second-order valence-corrected chi connectivity index (χ2v) is 10.2. The molecule has 0 fully saturated rings. The van der Waals surface area contributed by atoms with Crippen LogP contribution in [0.3, 0.4) is 0 Å². The van der Waals surface area contributed by atoms with Crippen LogP contribution in [-0.4, -0.2) is 47.8 Å². The number of pyridine rings is 1. The zero-order chi connectivity index (χ0) is 23.0. The molecule has 0 unspecified atom stereocenters. The summed E-state index contributed by atoms with van der Waals surface area (Å²) in [6.07, 6.45) is 1.27. The number of nitrogens with two attached hydrogens (primary N) is 1. The Kier molecular flexibility index (Phi) is 5.80. The number of likely N-dealkylation sites (N-methyl/N-ethyl adjacent to an activating group) is 1. The normalized spacial score (nSPS) is 20.2. The number of anilines is 1. The van der Waals surface area contributed by atoms with Crippen molar-refractivity contribution in [2.75, 3.05) is 18.9 Å². The van der Waals surface area contributed by atoms with E-state index in [1.165, 1.54) is 51.4 Å². The van der Waals surface area contributed by atoms with Crippen molar-refractivity contribution in [3.05, 3.63) is 59.2 Å². The molecular formula is C20H21FN6O3S. The fourth-order valence-corrected chi connectivity index (χ4v) is 4.50. The number of nitriles is 1. The van der Waals surface area contributed by atoms with Crippen molar-refractivity contribution in [3.63, 3.8) is 0 Å². The summed E-state index contributed by atoms with van der Waals surface area (Å²) in [6.45, 7) is 2.77. The Bertz CT molecular complexity index is 1200. The van der Waals surface area contributed by atoms with E-state index in [4.69, 9.17) is 11.0 Å². The maximum Gasteiger partial charge on any atom is 0.274 e. The van der Waals surface area contributed by atoms with Crippen LogP contribution in [0.1, 0.15) is 41.5 Å². The summed E-state index contributed by atoms with van der Waals surface area (Å²) in [5.41, 5.74) is 6.72. The molecule has 0 saturated heterocycles. The fourth-order valence-electron chi connectivity index (χ4n) is 3.06. The predicted octanol–water partition coefficient (Wildman–Crippen LogP) is 1.80. The maximum atomic E-state index is 14.6. The summed E-state index contributed by atoms with van der Waals surface area (Å²) in [5, 5.41) is 11.4. The van der Waals surface area contributed by atoms with Gasteiger partial charge in [0, 0.05) is 31.0 Å². The first-order valence-corrected chi connectivity index (χ1v) is 10.7. The molecule has 0 radical (unpaired) electrons. The third-order valence-electron chi connectivity index (χ3n) is 5.14. The standard InChI is InChI=1S/C20H21FN6O3S/c1-20(2)19(23)26-17(11-27(3)31(20,29)30)14-8-13(5-6-15(14)21)25-18(28)16-7-4-12(9-22)10-24-16/h4-8,10,17H,11H2,1-3H3,(H2,23,26)(H,25,28)/t17-/m0/s1. The van der Waals surface area contributed by atoms with E-state index in [2.05, 4.69) is 15.3 Å². The van der Waals surface area contributed by atoms with Gasteiger partial charge in [0.2, 0.25) is 10.0 Å². The van der Waals surface area contributed by atoms with E-state index in [9.17, 15) is 17.6 Å². The van der Waals surface area contributed by atoms with Gasteiger partial charge in [0.1, 0.15) is 28.2 Å². The zero-order valence-electron chi connectivity index (χ0n) is 17.1. The minimum Gasteiger partial charge on any atom is -0.386 e. The number of benzene rings is 1. The van der Waals surface area contributed by atoms with E-state index in [1.54, 1.807) is 0 Å². The van der Waals surface area contributed by atoms with E-state index in [0.717, 1.165) is 10.4 Å². The van der Waals surface area contributed by atoms with Crippen LogP contribution in [0, 0.1) is 17.1 Å². The van der Waals surface area contributed by atoms with Crippen molar-refractivity contribution in [2.45, 2.75) is 24.6 Å². The molecule has 3 N–H and O–H groups in total. The topological polar surface area (TPSA) is 142 Å². The first-order valence-electron chi connectivity index (χ1n) is 9.24. The van der Waals surface area contributed by atoms with Crippen LogP contribution in [0.25, 0.3) is 0 Å². The molecule has 2 heterocycles. The highest BCUT2D eigenvalue weighted by Crippen LogP contribution is 2.32. The average molecular weight is 444 g/mol. The smallest absolute Gasteiger partial charge is 0.274 e. The lowest BCUT2D eigenvalue weighted by atomic mass is 10.0. The molecule has 1 aromatic heterocycles. The van der Waals surface area contributed by atoms with Gasteiger partial charge in [-0.15, -0.1) is 0 Å². The number of amidine groups is 1. The van der Waals surface area contributed by atoms with Crippen LogP contribution >= 0.6 is 0 Å². The molecule has 11 heteroatoms. The number of aromatic nitrogens is 1. The van der Waals surface area contributed by atoms with Crippen molar-refractivity contribution < 1.29 is 17.6 Å². The van der Waals surface area contributed by atoms with Crippen LogP contribution in [0.15, 0.2) is 41.5 Å². The number of hydrogen-bond donors (Lipinski definition) is 2. The summed E-state index contributed by atoms with van der Waals surface area (Å²) in [7, 11) is -2.41. The Morgan fingerprint density at radius 3 is 2.68 bits per heavy atom. The third-order valence-corrected chi connectivity index (χ3v) is 7.60. The fraction of sp³-hybridized carbons (Fsp3) is 0.300. The number of halogens is 1. The summed E-state index contributed by atoms with van der Waals surface area (Å²) in [5.74, 6) is -1.29. The molecule has 1 aliphatic rings. The number of carbonyl (C=O) groups is 1. The minimum atomic E-state index is -3.80. The molecule has 31 heavy (non-hydrogen) atoms. The Balaban J connectivity index is 1.93. The van der Waals surface area contributed by atoms with Crippen LogP contribution < -0.4 is 11.1 Å². The highest BCUT2D eigenvalue weighted by Gasteiger charge is 2.44. The number of aliphatic imine (C=N–C) groups is 1. The number of nitrogens with zero attached hydrogens (tertiary/aromatic N) is 4. The van der Waals surface area contributed by atoms with Crippen LogP contribution in [0.4, 0.5) is 10.1 Å². The Hall–Kier alpha value is -3.36. The molecule has 1 aromatic carbocycles. The quantitative estimate of drug-likeness (QED) is 0.739. The third kappa shape index (κ3) is 4.12. The van der Waals surface area contributed by atoms with E-state index in [1.807, 2.05) is 6.07 Å². The largest absolute Gasteiger partial charge is 0.386 e. The van der Waals surface area contributed by atoms with Gasteiger partial charge < -0.3 is 11.1 Å². The molecule has 2 aromatic rings. The molecule has 1 amide bonds. The Morgan fingerprint density at radius 1 is 1.35 bits per heavy atom. The molecule has 0 spiro atoms. The number of sulfonamides is 1. The first kappa shape index (κ1) is 22.3. The van der Waals surface area contributed by atoms with Gasteiger partial charge >= 0.3 is 0 Å². The monoisotopic (exact) mass is 444 g/mol. The van der Waals surface area contributed by atoms with E-state index >= 15 is 0 Å². The van der Waals surface area contributed by atoms with Gasteiger partial charge in [0.15, 0.2) is 0 Å². The molecule has 1 atom stereocenters. The molecule has 0 saturated carbocycles. The molecule has 162 valence electrons. The summed E-state index contributed by atoms with van der Waals surface area (Å²) in [6, 6.07) is 7.79. The molecule has 1 aliphatic heterocycles. The minimum absolute atomic E-state index is 0.0779. The van der Waals surface area contributed by atoms with Gasteiger partial charge in [0.25, 0.3) is 5.91 Å². The van der Waals surface area contributed by atoms with Crippen LogP contribution in [0.2, 0.25) is 0 Å². The first-order chi connectivity index (χ1) is 14.5. The highest BCUT2D eigenvalue weighted by atomic mass is 32.2. The lowest BCUT2D eigenvalue weighted by Crippen LogP contribution is -2.49. The molecular weight excluding hydrogens is 423 g/mol. The molecule has 0 aliphatic carbocycles. The number of amides is 1. The van der Waals surface area contributed by atoms with Crippen LogP contribution in [0.5, 0.6) is 0 Å². The molecule has 9 nitrogen and oxygen atoms in total. The van der Waals surface area contributed by atoms with Crippen molar-refractivity contribution in [2.24, 2.45) is 10.7 Å². The van der Waals surface area contributed by atoms with Gasteiger partial charge in [-0.05, 0) is 44.2 Å². The van der Waals surface area contributed by atoms with Gasteiger partial charge in [-0.25, -0.2) is 22.1 Å². The second-order valence-electron chi connectivity index (χ2n) is 7.56. The van der Waals surface area contributed by atoms with Crippen molar-refractivity contribution in [1.82, 2.24) is 9.29 Å². The van der Waals surface area contributed by atoms with Gasteiger partial charge in [-0.1, -0.05) is 0 Å². The van der Waals surface area contributed by atoms with Gasteiger partial charge in [0.05, 0.1) is 11.6 Å². The lowest BCUT2D eigenvalue weighted by molar-refractivity contribution is 0.102. The number of rotatable bonds is 3.